The molecule has 2 aliphatic rings. The maximum atomic E-state index is 14.7. The van der Waals surface area contributed by atoms with E-state index in [1.165, 1.54) is 28.2 Å². The number of halogens is 1. The van der Waals surface area contributed by atoms with Gasteiger partial charge >= 0.3 is 0 Å². The number of rotatable bonds is 10. The lowest BCUT2D eigenvalue weighted by Gasteiger charge is -2.37. The van der Waals surface area contributed by atoms with Crippen molar-refractivity contribution in [3.63, 3.8) is 0 Å². The largest absolute Gasteiger partial charge is 0.497 e. The smallest absolute Gasteiger partial charge is 0.267 e. The third-order valence-corrected chi connectivity index (χ3v) is 11.9. The monoisotopic (exact) mass is 652 g/mol. The van der Waals surface area contributed by atoms with E-state index in [0.717, 1.165) is 67.7 Å². The lowest BCUT2D eigenvalue weighted by Crippen LogP contribution is -2.34. The van der Waals surface area contributed by atoms with Crippen LogP contribution in [0.25, 0.3) is 0 Å². The number of piperidine rings is 1. The van der Waals surface area contributed by atoms with E-state index in [1.54, 1.807) is 38.5 Å². The summed E-state index contributed by atoms with van der Waals surface area (Å²) in [5.74, 6) is 1.13. The first-order chi connectivity index (χ1) is 21.4. The van der Waals surface area contributed by atoms with Gasteiger partial charge < -0.3 is 9.47 Å². The van der Waals surface area contributed by atoms with Crippen LogP contribution in [0.3, 0.4) is 0 Å². The standard InChI is InChI=1S/C33H37ClN4O4S2/c1-41-26-16-15-25(30(19-26)42-2)20-38(33-35-22-36-43-33)44(39,40)31-18-24-12-6-7-13-27(24)28(32(31)34)21-37-17-9-8-14-29(37)23-10-4-3-5-11-23/h3-5,10-11,15-16,18-19,22,29H,6-9,12-14,17,20-21H2,1-2H3. The number of nitrogens with zero attached hydrogens (tertiary/aromatic N) is 4. The van der Waals surface area contributed by atoms with Crippen LogP contribution in [0.4, 0.5) is 5.13 Å². The molecule has 8 nitrogen and oxygen atoms in total. The number of ether oxygens (including phenoxy) is 2. The zero-order valence-electron chi connectivity index (χ0n) is 25.0. The topological polar surface area (TPSA) is 84.9 Å². The van der Waals surface area contributed by atoms with Gasteiger partial charge in [-0.2, -0.15) is 4.37 Å². The van der Waals surface area contributed by atoms with E-state index in [0.29, 0.717) is 28.6 Å². The molecule has 1 unspecified atom stereocenters. The molecule has 11 heteroatoms. The fraction of sp³-hybridized carbons (Fsp3) is 0.394. The lowest BCUT2D eigenvalue weighted by molar-refractivity contribution is 0.140. The summed E-state index contributed by atoms with van der Waals surface area (Å²) in [7, 11) is -1.02. The summed E-state index contributed by atoms with van der Waals surface area (Å²) >= 11 is 8.27. The van der Waals surface area contributed by atoms with Crippen molar-refractivity contribution in [3.8, 4) is 11.5 Å². The second-order valence-corrected chi connectivity index (χ2v) is 14.3. The summed E-state index contributed by atoms with van der Waals surface area (Å²) in [5.41, 5.74) is 5.17. The molecule has 0 spiro atoms. The fourth-order valence-electron chi connectivity index (χ4n) is 6.51. The van der Waals surface area contributed by atoms with Gasteiger partial charge in [-0.25, -0.2) is 17.7 Å². The average molecular weight is 653 g/mol. The molecule has 4 aromatic rings. The van der Waals surface area contributed by atoms with Crippen molar-refractivity contribution in [2.45, 2.75) is 69.0 Å². The minimum absolute atomic E-state index is 0.00432. The molecule has 1 aromatic heterocycles. The molecule has 1 fully saturated rings. The van der Waals surface area contributed by atoms with Gasteiger partial charge in [-0.05, 0) is 85.5 Å². The summed E-state index contributed by atoms with van der Waals surface area (Å²) in [6.07, 6.45) is 8.53. The van der Waals surface area contributed by atoms with Crippen LogP contribution in [0, 0.1) is 0 Å². The Labute approximate surface area is 268 Å². The van der Waals surface area contributed by atoms with Crippen molar-refractivity contribution >= 4 is 38.3 Å². The predicted octanol–water partition coefficient (Wildman–Crippen LogP) is 7.21. The van der Waals surface area contributed by atoms with Gasteiger partial charge in [0.25, 0.3) is 10.0 Å². The van der Waals surface area contributed by atoms with E-state index < -0.39 is 10.0 Å². The third-order valence-electron chi connectivity index (χ3n) is 8.76. The zero-order valence-corrected chi connectivity index (χ0v) is 27.4. The van der Waals surface area contributed by atoms with Crippen LogP contribution in [-0.2, 0) is 36.0 Å². The van der Waals surface area contributed by atoms with Crippen molar-refractivity contribution in [1.29, 1.82) is 0 Å². The first kappa shape index (κ1) is 30.8. The summed E-state index contributed by atoms with van der Waals surface area (Å²) in [6.45, 7) is 1.54. The molecule has 44 heavy (non-hydrogen) atoms. The molecule has 1 aliphatic carbocycles. The van der Waals surface area contributed by atoms with Gasteiger partial charge in [-0.1, -0.05) is 48.4 Å². The van der Waals surface area contributed by atoms with Gasteiger partial charge in [-0.3, -0.25) is 4.90 Å². The highest BCUT2D eigenvalue weighted by atomic mass is 35.5. The van der Waals surface area contributed by atoms with Gasteiger partial charge in [-0.15, -0.1) is 0 Å². The first-order valence-electron chi connectivity index (χ1n) is 15.0. The third kappa shape index (κ3) is 6.18. The van der Waals surface area contributed by atoms with E-state index in [9.17, 15) is 8.42 Å². The van der Waals surface area contributed by atoms with Crippen molar-refractivity contribution in [1.82, 2.24) is 14.3 Å². The van der Waals surface area contributed by atoms with Crippen molar-refractivity contribution < 1.29 is 17.9 Å². The summed E-state index contributed by atoms with van der Waals surface area (Å²) in [4.78, 5) is 6.91. The highest BCUT2D eigenvalue weighted by Crippen LogP contribution is 2.41. The van der Waals surface area contributed by atoms with E-state index >= 15 is 0 Å². The molecular formula is C33H37ClN4O4S2. The van der Waals surface area contributed by atoms with Crippen LogP contribution in [0.2, 0.25) is 5.02 Å². The molecule has 1 atom stereocenters. The Morgan fingerprint density at radius 1 is 1.02 bits per heavy atom. The Bertz CT molecular complexity index is 1700. The number of aryl methyl sites for hydroxylation is 1. The number of hydrogen-bond donors (Lipinski definition) is 0. The van der Waals surface area contributed by atoms with Crippen LogP contribution < -0.4 is 13.8 Å². The summed E-state index contributed by atoms with van der Waals surface area (Å²) < 4.78 is 45.8. The number of fused-ring (bicyclic) bond motifs is 1. The molecule has 0 amide bonds. The maximum Gasteiger partial charge on any atom is 0.267 e. The molecular weight excluding hydrogens is 616 g/mol. The molecule has 0 N–H and O–H groups in total. The number of aromatic nitrogens is 2. The molecule has 0 saturated carbocycles. The molecule has 0 bridgehead atoms. The van der Waals surface area contributed by atoms with E-state index in [-0.39, 0.29) is 22.6 Å². The maximum absolute atomic E-state index is 14.7. The summed E-state index contributed by atoms with van der Waals surface area (Å²) in [5, 5.41) is 0.567. The number of benzene rings is 3. The van der Waals surface area contributed by atoms with Gasteiger partial charge in [0.1, 0.15) is 22.7 Å². The quantitative estimate of drug-likeness (QED) is 0.179. The van der Waals surface area contributed by atoms with Gasteiger partial charge in [0.05, 0.1) is 25.8 Å². The van der Waals surface area contributed by atoms with Crippen LogP contribution in [0.5, 0.6) is 11.5 Å². The highest BCUT2D eigenvalue weighted by Gasteiger charge is 2.35. The van der Waals surface area contributed by atoms with Crippen molar-refractivity contribution in [2.75, 3.05) is 25.1 Å². The first-order valence-corrected chi connectivity index (χ1v) is 17.6. The van der Waals surface area contributed by atoms with Gasteiger partial charge in [0.2, 0.25) is 5.13 Å². The second kappa shape index (κ2) is 13.4. The van der Waals surface area contributed by atoms with Gasteiger partial charge in [0, 0.05) is 35.7 Å². The SMILES string of the molecule is COc1ccc(CN(c2ncns2)S(=O)(=O)c2cc3c(c(CN4CCCCC4c4ccccc4)c2Cl)CCCC3)c(OC)c1. The van der Waals surface area contributed by atoms with Crippen molar-refractivity contribution in [2.24, 2.45) is 0 Å². The van der Waals surface area contributed by atoms with E-state index in [4.69, 9.17) is 21.1 Å². The summed E-state index contributed by atoms with van der Waals surface area (Å²) in [6, 6.07) is 18.0. The number of methoxy groups -OCH3 is 2. The fourth-order valence-corrected chi connectivity index (χ4v) is 9.31. The van der Waals surface area contributed by atoms with E-state index in [2.05, 4.69) is 38.5 Å². The second-order valence-electron chi connectivity index (χ2n) is 11.3. The lowest BCUT2D eigenvalue weighted by atomic mass is 9.87. The normalized spacial score (nSPS) is 17.2. The zero-order chi connectivity index (χ0) is 30.7. The number of sulfonamides is 1. The van der Waals surface area contributed by atoms with E-state index in [1.807, 2.05) is 6.07 Å². The number of hydrogen-bond acceptors (Lipinski definition) is 8. The average Bonchev–Trinajstić information content (AvgIpc) is 3.60. The van der Waals surface area contributed by atoms with Crippen LogP contribution in [0.1, 0.15) is 66.0 Å². The molecule has 3 aromatic carbocycles. The van der Waals surface area contributed by atoms with Crippen LogP contribution in [-0.4, -0.2) is 43.4 Å². The number of likely N-dealkylation sites (tertiary alicyclic amines) is 1. The molecule has 1 aliphatic heterocycles. The molecule has 6 rings (SSSR count). The molecule has 1 saturated heterocycles. The minimum Gasteiger partial charge on any atom is -0.497 e. The molecule has 232 valence electrons. The molecule has 2 heterocycles. The van der Waals surface area contributed by atoms with Crippen LogP contribution in [0.15, 0.2) is 65.8 Å². The Morgan fingerprint density at radius 3 is 2.59 bits per heavy atom. The Kier molecular flexibility index (Phi) is 9.42. The number of anilines is 1. The van der Waals surface area contributed by atoms with Crippen LogP contribution >= 0.6 is 23.1 Å². The van der Waals surface area contributed by atoms with Crippen molar-refractivity contribution in [3.05, 3.63) is 93.8 Å². The minimum atomic E-state index is -4.15. The van der Waals surface area contributed by atoms with Gasteiger partial charge in [0.15, 0.2) is 0 Å². The predicted molar refractivity (Wildman–Crippen MR) is 174 cm³/mol. The Morgan fingerprint density at radius 2 is 1.84 bits per heavy atom. The Hall–Kier alpha value is -3.18. The highest BCUT2D eigenvalue weighted by molar-refractivity contribution is 7.93. The Balaban J connectivity index is 1.43. The molecule has 0 radical (unpaired) electrons.